The average molecular weight is 200 g/mol. The molecule has 0 bridgehead atoms. The molecule has 0 aromatic heterocycles. The van der Waals surface area contributed by atoms with Crippen LogP contribution in [0.25, 0.3) is 0 Å². The third-order valence-electron chi connectivity index (χ3n) is 3.35. The number of thioether (sulfide) groups is 1. The fourth-order valence-electron chi connectivity index (χ4n) is 2.34. The summed E-state index contributed by atoms with van der Waals surface area (Å²) >= 11 is 2.11. The molecule has 2 nitrogen and oxygen atoms in total. The molecular formula is C10H20N2S. The fourth-order valence-corrected chi connectivity index (χ4v) is 3.53. The predicted molar refractivity (Wildman–Crippen MR) is 59.1 cm³/mol. The molecule has 2 rings (SSSR count). The maximum absolute atomic E-state index is 6.03. The summed E-state index contributed by atoms with van der Waals surface area (Å²) in [5.41, 5.74) is 6.03. The zero-order chi connectivity index (χ0) is 9.26. The molecule has 2 aliphatic heterocycles. The zero-order valence-electron chi connectivity index (χ0n) is 8.41. The van der Waals surface area contributed by atoms with E-state index in [4.69, 9.17) is 5.73 Å². The lowest BCUT2D eigenvalue weighted by atomic mass is 10.1. The fraction of sp³-hybridized carbons (Fsp3) is 1.00. The molecule has 0 aromatic carbocycles. The van der Waals surface area contributed by atoms with Crippen molar-refractivity contribution in [2.75, 3.05) is 24.6 Å². The number of hydrogen-bond donors (Lipinski definition) is 1. The van der Waals surface area contributed by atoms with E-state index in [1.807, 2.05) is 0 Å². The highest BCUT2D eigenvalue weighted by molar-refractivity contribution is 7.99. The molecule has 2 aliphatic rings. The normalized spacial score (nSPS) is 42.5. The standard InChI is InChI=1S/C10H20N2S/c1-8-5-12(6-10(8)11)9-3-2-4-13-7-9/h8-10H,2-7,11H2,1H3. The van der Waals surface area contributed by atoms with Gasteiger partial charge in [0, 0.05) is 30.9 Å². The summed E-state index contributed by atoms with van der Waals surface area (Å²) in [5, 5.41) is 0. The lowest BCUT2D eigenvalue weighted by molar-refractivity contribution is 0.238. The maximum atomic E-state index is 6.03. The topological polar surface area (TPSA) is 29.3 Å². The predicted octanol–water partition coefficient (Wildman–Crippen LogP) is 1.16. The first-order chi connectivity index (χ1) is 6.27. The Morgan fingerprint density at radius 2 is 2.23 bits per heavy atom. The van der Waals surface area contributed by atoms with Crippen molar-refractivity contribution in [1.82, 2.24) is 4.90 Å². The molecule has 3 atom stereocenters. The summed E-state index contributed by atoms with van der Waals surface area (Å²) in [4.78, 5) is 2.61. The molecule has 0 aliphatic carbocycles. The minimum Gasteiger partial charge on any atom is -0.326 e. The zero-order valence-corrected chi connectivity index (χ0v) is 9.22. The minimum absolute atomic E-state index is 0.423. The van der Waals surface area contributed by atoms with E-state index in [2.05, 4.69) is 23.6 Å². The van der Waals surface area contributed by atoms with Crippen LogP contribution in [-0.4, -0.2) is 41.6 Å². The first kappa shape index (κ1) is 9.81. The van der Waals surface area contributed by atoms with Crippen molar-refractivity contribution in [3.63, 3.8) is 0 Å². The summed E-state index contributed by atoms with van der Waals surface area (Å²) in [6.07, 6.45) is 2.79. The molecule has 2 fully saturated rings. The second-order valence-electron chi connectivity index (χ2n) is 4.47. The van der Waals surface area contributed by atoms with Gasteiger partial charge >= 0.3 is 0 Å². The van der Waals surface area contributed by atoms with Crippen molar-refractivity contribution in [3.8, 4) is 0 Å². The van der Waals surface area contributed by atoms with Crippen LogP contribution >= 0.6 is 11.8 Å². The van der Waals surface area contributed by atoms with Crippen LogP contribution in [0.3, 0.4) is 0 Å². The molecule has 0 spiro atoms. The highest BCUT2D eigenvalue weighted by Gasteiger charge is 2.31. The van der Waals surface area contributed by atoms with Gasteiger partial charge in [0.2, 0.25) is 0 Å². The van der Waals surface area contributed by atoms with Crippen LogP contribution in [0.4, 0.5) is 0 Å². The Labute approximate surface area is 85.2 Å². The lowest BCUT2D eigenvalue weighted by Crippen LogP contribution is -2.38. The molecule has 0 aromatic rings. The monoisotopic (exact) mass is 200 g/mol. The molecule has 3 unspecified atom stereocenters. The molecule has 76 valence electrons. The van der Waals surface area contributed by atoms with Crippen molar-refractivity contribution in [3.05, 3.63) is 0 Å². The van der Waals surface area contributed by atoms with Crippen LogP contribution in [0.15, 0.2) is 0 Å². The van der Waals surface area contributed by atoms with Gasteiger partial charge in [-0.1, -0.05) is 6.92 Å². The van der Waals surface area contributed by atoms with Gasteiger partial charge in [0.25, 0.3) is 0 Å². The summed E-state index contributed by atoms with van der Waals surface area (Å²) in [6, 6.07) is 1.25. The highest BCUT2D eigenvalue weighted by atomic mass is 32.2. The molecule has 0 amide bonds. The van der Waals surface area contributed by atoms with Crippen molar-refractivity contribution in [2.24, 2.45) is 11.7 Å². The second kappa shape index (κ2) is 4.20. The smallest absolute Gasteiger partial charge is 0.0206 e. The van der Waals surface area contributed by atoms with E-state index in [1.165, 1.54) is 30.9 Å². The number of nitrogens with two attached hydrogens (primary N) is 1. The Morgan fingerprint density at radius 3 is 2.77 bits per heavy atom. The van der Waals surface area contributed by atoms with Gasteiger partial charge in [-0.15, -0.1) is 0 Å². The van der Waals surface area contributed by atoms with Crippen molar-refractivity contribution in [1.29, 1.82) is 0 Å². The molecule has 2 saturated heterocycles. The van der Waals surface area contributed by atoms with E-state index in [1.54, 1.807) is 0 Å². The Hall–Kier alpha value is 0.270. The Morgan fingerprint density at radius 1 is 1.38 bits per heavy atom. The van der Waals surface area contributed by atoms with Crippen LogP contribution in [-0.2, 0) is 0 Å². The lowest BCUT2D eigenvalue weighted by Gasteiger charge is -2.30. The van der Waals surface area contributed by atoms with Crippen LogP contribution in [0.1, 0.15) is 19.8 Å². The van der Waals surface area contributed by atoms with Crippen molar-refractivity contribution >= 4 is 11.8 Å². The first-order valence-corrected chi connectivity index (χ1v) is 6.50. The average Bonchev–Trinajstić information content (AvgIpc) is 2.49. The van der Waals surface area contributed by atoms with Gasteiger partial charge in [-0.05, 0) is 24.5 Å². The van der Waals surface area contributed by atoms with Gasteiger partial charge in [-0.3, -0.25) is 4.90 Å². The molecular weight excluding hydrogens is 180 g/mol. The van der Waals surface area contributed by atoms with Crippen LogP contribution < -0.4 is 5.73 Å². The van der Waals surface area contributed by atoms with Crippen molar-refractivity contribution in [2.45, 2.75) is 31.8 Å². The van der Waals surface area contributed by atoms with Gasteiger partial charge < -0.3 is 5.73 Å². The van der Waals surface area contributed by atoms with E-state index in [9.17, 15) is 0 Å². The Bertz CT molecular complexity index is 158. The largest absolute Gasteiger partial charge is 0.326 e. The van der Waals surface area contributed by atoms with Gasteiger partial charge in [0.1, 0.15) is 0 Å². The van der Waals surface area contributed by atoms with Crippen LogP contribution in [0.2, 0.25) is 0 Å². The number of likely N-dealkylation sites (tertiary alicyclic amines) is 1. The third kappa shape index (κ3) is 2.20. The van der Waals surface area contributed by atoms with Crippen molar-refractivity contribution < 1.29 is 0 Å². The summed E-state index contributed by atoms with van der Waals surface area (Å²) in [5.74, 6) is 3.40. The van der Waals surface area contributed by atoms with E-state index in [-0.39, 0.29) is 0 Å². The summed E-state index contributed by atoms with van der Waals surface area (Å²) < 4.78 is 0. The second-order valence-corrected chi connectivity index (χ2v) is 5.62. The molecule has 2 heterocycles. The van der Waals surface area contributed by atoms with Gasteiger partial charge in [0.15, 0.2) is 0 Å². The maximum Gasteiger partial charge on any atom is 0.0206 e. The van der Waals surface area contributed by atoms with E-state index >= 15 is 0 Å². The van der Waals surface area contributed by atoms with Crippen LogP contribution in [0.5, 0.6) is 0 Å². The molecule has 2 N–H and O–H groups in total. The van der Waals surface area contributed by atoms with Gasteiger partial charge in [-0.2, -0.15) is 11.8 Å². The summed E-state index contributed by atoms with van der Waals surface area (Å²) in [7, 11) is 0. The first-order valence-electron chi connectivity index (χ1n) is 5.35. The number of hydrogen-bond acceptors (Lipinski definition) is 3. The SMILES string of the molecule is CC1CN(C2CCCSC2)CC1N. The minimum atomic E-state index is 0.423. The molecule has 0 radical (unpaired) electrons. The van der Waals surface area contributed by atoms with Gasteiger partial charge in [0.05, 0.1) is 0 Å². The van der Waals surface area contributed by atoms with Crippen LogP contribution in [0, 0.1) is 5.92 Å². The Balaban J connectivity index is 1.87. The molecule has 3 heteroatoms. The summed E-state index contributed by atoms with van der Waals surface area (Å²) in [6.45, 7) is 4.64. The van der Waals surface area contributed by atoms with E-state index < -0.39 is 0 Å². The quantitative estimate of drug-likeness (QED) is 0.689. The number of nitrogens with zero attached hydrogens (tertiary/aromatic N) is 1. The third-order valence-corrected chi connectivity index (χ3v) is 4.55. The Kier molecular flexibility index (Phi) is 3.17. The highest BCUT2D eigenvalue weighted by Crippen LogP contribution is 2.26. The van der Waals surface area contributed by atoms with E-state index in [0.717, 1.165) is 12.6 Å². The van der Waals surface area contributed by atoms with E-state index in [0.29, 0.717) is 12.0 Å². The molecule has 0 saturated carbocycles. The number of rotatable bonds is 1. The molecule has 13 heavy (non-hydrogen) atoms. The van der Waals surface area contributed by atoms with Gasteiger partial charge in [-0.25, -0.2) is 0 Å².